The molecule has 1 amide bonds. The van der Waals surface area contributed by atoms with E-state index in [0.29, 0.717) is 27.0 Å². The summed E-state index contributed by atoms with van der Waals surface area (Å²) in [6.07, 6.45) is 0. The van der Waals surface area contributed by atoms with Gasteiger partial charge in [0.15, 0.2) is 11.5 Å². The van der Waals surface area contributed by atoms with Crippen molar-refractivity contribution in [2.45, 2.75) is 6.04 Å². The smallest absolute Gasteiger partial charge is 0.300 e. The molecule has 0 aromatic heterocycles. The maximum Gasteiger partial charge on any atom is 0.300 e. The van der Waals surface area contributed by atoms with Crippen molar-refractivity contribution in [2.75, 3.05) is 19.1 Å². The van der Waals surface area contributed by atoms with Crippen molar-refractivity contribution in [3.63, 3.8) is 0 Å². The second-order valence-electron chi connectivity index (χ2n) is 7.41. The largest absolute Gasteiger partial charge is 0.507 e. The lowest BCUT2D eigenvalue weighted by Gasteiger charge is -2.26. The highest BCUT2D eigenvalue weighted by molar-refractivity contribution is 9.10. The number of amides is 1. The molecule has 1 heterocycles. The summed E-state index contributed by atoms with van der Waals surface area (Å²) in [7, 11) is 2.87. The Labute approximate surface area is 208 Å². The van der Waals surface area contributed by atoms with Crippen molar-refractivity contribution in [3.05, 3.63) is 86.9 Å². The van der Waals surface area contributed by atoms with Crippen molar-refractivity contribution in [1.29, 1.82) is 0 Å². The summed E-state index contributed by atoms with van der Waals surface area (Å²) in [6, 6.07) is 15.3. The predicted octanol–water partition coefficient (Wildman–Crippen LogP) is 5.45. The zero-order valence-electron chi connectivity index (χ0n) is 18.1. The van der Waals surface area contributed by atoms with E-state index in [9.17, 15) is 19.8 Å². The first-order valence-electron chi connectivity index (χ1n) is 10.0. The topological polar surface area (TPSA) is 96.3 Å². The number of phenolic OH excluding ortho intramolecular Hbond substituents is 1. The predicted molar refractivity (Wildman–Crippen MR) is 132 cm³/mol. The highest BCUT2D eigenvalue weighted by atomic mass is 79.9. The quantitative estimate of drug-likeness (QED) is 0.252. The number of aliphatic hydroxyl groups excluding tert-OH is 1. The van der Waals surface area contributed by atoms with Crippen LogP contribution in [0.4, 0.5) is 5.69 Å². The summed E-state index contributed by atoms with van der Waals surface area (Å²) >= 11 is 9.60. The molecule has 1 atom stereocenters. The summed E-state index contributed by atoms with van der Waals surface area (Å²) in [5, 5.41) is 21.4. The zero-order chi connectivity index (χ0) is 24.6. The van der Waals surface area contributed by atoms with Gasteiger partial charge in [-0.3, -0.25) is 14.5 Å². The van der Waals surface area contributed by atoms with Crippen LogP contribution in [0.1, 0.15) is 17.2 Å². The maximum absolute atomic E-state index is 13.2. The summed E-state index contributed by atoms with van der Waals surface area (Å²) in [5.41, 5.74) is 1.000. The standard InChI is InChI=1S/C25H19BrClNO6/c1-33-18-9-8-13(10-16(18)26)22(29)20-21(14-11-17(27)23(30)19(12-14)34-2)28(25(32)24(20)31)15-6-4-3-5-7-15/h3-12,21,29-30H,1-2H3/b22-20+. The van der Waals surface area contributed by atoms with Gasteiger partial charge in [0.25, 0.3) is 11.7 Å². The summed E-state index contributed by atoms with van der Waals surface area (Å²) in [6.45, 7) is 0. The average molecular weight is 545 g/mol. The second kappa shape index (κ2) is 9.40. The van der Waals surface area contributed by atoms with E-state index in [1.807, 2.05) is 0 Å². The second-order valence-corrected chi connectivity index (χ2v) is 8.67. The van der Waals surface area contributed by atoms with Crippen LogP contribution >= 0.6 is 27.5 Å². The van der Waals surface area contributed by atoms with Gasteiger partial charge in [0.05, 0.1) is 35.3 Å². The molecule has 1 saturated heterocycles. The molecule has 9 heteroatoms. The van der Waals surface area contributed by atoms with Gasteiger partial charge >= 0.3 is 0 Å². The van der Waals surface area contributed by atoms with Gasteiger partial charge in [0.2, 0.25) is 0 Å². The summed E-state index contributed by atoms with van der Waals surface area (Å²) in [4.78, 5) is 27.7. The fourth-order valence-corrected chi connectivity index (χ4v) is 4.64. The van der Waals surface area contributed by atoms with Crippen LogP contribution in [0.15, 0.2) is 70.7 Å². The lowest BCUT2D eigenvalue weighted by molar-refractivity contribution is -0.132. The first-order chi connectivity index (χ1) is 16.3. The number of halogens is 2. The van der Waals surface area contributed by atoms with Gasteiger partial charge in [-0.05, 0) is 64.0 Å². The monoisotopic (exact) mass is 543 g/mol. The first-order valence-corrected chi connectivity index (χ1v) is 11.2. The normalized spacial score (nSPS) is 17.2. The highest BCUT2D eigenvalue weighted by Gasteiger charge is 2.47. The molecule has 3 aromatic rings. The number of anilines is 1. The first kappa shape index (κ1) is 23.7. The Hall–Kier alpha value is -3.49. The number of hydrogen-bond donors (Lipinski definition) is 2. The van der Waals surface area contributed by atoms with Gasteiger partial charge in [0, 0.05) is 11.3 Å². The van der Waals surface area contributed by atoms with Gasteiger partial charge in [-0.1, -0.05) is 29.8 Å². The number of aromatic hydroxyl groups is 1. The fourth-order valence-electron chi connectivity index (χ4n) is 3.88. The zero-order valence-corrected chi connectivity index (χ0v) is 20.4. The molecule has 1 aliphatic rings. The molecule has 1 aliphatic heterocycles. The molecular weight excluding hydrogens is 526 g/mol. The van der Waals surface area contributed by atoms with Gasteiger partial charge in [-0.25, -0.2) is 0 Å². The minimum absolute atomic E-state index is 0.0276. The Kier molecular flexibility index (Phi) is 6.54. The lowest BCUT2D eigenvalue weighted by Crippen LogP contribution is -2.29. The molecule has 0 bridgehead atoms. The lowest BCUT2D eigenvalue weighted by atomic mass is 9.94. The molecule has 0 saturated carbocycles. The third kappa shape index (κ3) is 3.99. The van der Waals surface area contributed by atoms with E-state index in [0.717, 1.165) is 0 Å². The van der Waals surface area contributed by atoms with Gasteiger partial charge < -0.3 is 19.7 Å². The van der Waals surface area contributed by atoms with E-state index in [1.165, 1.54) is 31.3 Å². The Balaban J connectivity index is 1.99. The maximum atomic E-state index is 13.2. The van der Waals surface area contributed by atoms with Crippen LogP contribution in [0.3, 0.4) is 0 Å². The van der Waals surface area contributed by atoms with Crippen LogP contribution in [-0.4, -0.2) is 36.1 Å². The number of hydrogen-bond acceptors (Lipinski definition) is 6. The average Bonchev–Trinajstić information content (AvgIpc) is 3.11. The molecule has 34 heavy (non-hydrogen) atoms. The SMILES string of the molecule is COc1ccc(/C(O)=C2\C(=O)C(=O)N(c3ccccc3)C2c2cc(Cl)c(O)c(OC)c2)cc1Br. The third-order valence-electron chi connectivity index (χ3n) is 5.49. The van der Waals surface area contributed by atoms with E-state index >= 15 is 0 Å². The Morgan fingerprint density at radius 3 is 2.29 bits per heavy atom. The number of benzene rings is 3. The number of rotatable bonds is 5. The van der Waals surface area contributed by atoms with E-state index in [4.69, 9.17) is 21.1 Å². The van der Waals surface area contributed by atoms with Crippen LogP contribution in [0.5, 0.6) is 17.2 Å². The third-order valence-corrected chi connectivity index (χ3v) is 6.40. The van der Waals surface area contributed by atoms with E-state index in [-0.39, 0.29) is 27.9 Å². The highest BCUT2D eigenvalue weighted by Crippen LogP contribution is 2.46. The molecule has 2 N–H and O–H groups in total. The molecule has 1 fully saturated rings. The Morgan fingerprint density at radius 2 is 1.68 bits per heavy atom. The number of nitrogens with zero attached hydrogens (tertiary/aromatic N) is 1. The molecule has 0 aliphatic carbocycles. The van der Waals surface area contributed by atoms with Crippen molar-refractivity contribution in [3.8, 4) is 17.2 Å². The number of para-hydroxylation sites is 1. The van der Waals surface area contributed by atoms with Crippen LogP contribution in [-0.2, 0) is 9.59 Å². The number of ketones is 1. The van der Waals surface area contributed by atoms with Gasteiger partial charge in [0.1, 0.15) is 11.5 Å². The van der Waals surface area contributed by atoms with E-state index in [1.54, 1.807) is 48.5 Å². The van der Waals surface area contributed by atoms with Crippen molar-refractivity contribution in [1.82, 2.24) is 0 Å². The summed E-state index contributed by atoms with van der Waals surface area (Å²) in [5.74, 6) is -1.71. The molecule has 0 radical (unpaired) electrons. The molecular formula is C25H19BrClNO6. The van der Waals surface area contributed by atoms with Gasteiger partial charge in [-0.15, -0.1) is 0 Å². The number of ether oxygens (including phenoxy) is 2. The van der Waals surface area contributed by atoms with Crippen LogP contribution < -0.4 is 14.4 Å². The minimum Gasteiger partial charge on any atom is -0.507 e. The van der Waals surface area contributed by atoms with Crippen molar-refractivity contribution < 1.29 is 29.3 Å². The number of phenols is 1. The van der Waals surface area contributed by atoms with Crippen molar-refractivity contribution in [2.24, 2.45) is 0 Å². The van der Waals surface area contributed by atoms with E-state index < -0.39 is 17.7 Å². The number of aliphatic hydroxyl groups is 1. The molecule has 174 valence electrons. The molecule has 7 nitrogen and oxygen atoms in total. The molecule has 4 rings (SSSR count). The number of carbonyl (C=O) groups is 2. The van der Waals surface area contributed by atoms with Gasteiger partial charge in [-0.2, -0.15) is 0 Å². The van der Waals surface area contributed by atoms with E-state index in [2.05, 4.69) is 15.9 Å². The molecule has 3 aromatic carbocycles. The molecule has 1 unspecified atom stereocenters. The Bertz CT molecular complexity index is 1320. The van der Waals surface area contributed by atoms with Crippen LogP contribution in [0.2, 0.25) is 5.02 Å². The fraction of sp³-hybridized carbons (Fsp3) is 0.120. The minimum atomic E-state index is -1.03. The number of carbonyl (C=O) groups excluding carboxylic acids is 2. The number of Topliss-reactive ketones (excluding diaryl/α,β-unsaturated/α-hetero) is 1. The Morgan fingerprint density at radius 1 is 1.00 bits per heavy atom. The van der Waals surface area contributed by atoms with Crippen LogP contribution in [0, 0.1) is 0 Å². The summed E-state index contributed by atoms with van der Waals surface area (Å²) < 4.78 is 11.0. The number of methoxy groups -OCH3 is 2. The van der Waals surface area contributed by atoms with Crippen molar-refractivity contribution >= 4 is 50.7 Å². The van der Waals surface area contributed by atoms with Crippen LogP contribution in [0.25, 0.3) is 5.76 Å². The molecule has 0 spiro atoms.